The number of methoxy groups -OCH3 is 2. The van der Waals surface area contributed by atoms with E-state index in [1.54, 1.807) is 7.11 Å². The lowest BCUT2D eigenvalue weighted by Gasteiger charge is -2.20. The molecule has 0 fully saturated rings. The Kier molecular flexibility index (Phi) is 8.72. The molecule has 0 aliphatic heterocycles. The van der Waals surface area contributed by atoms with Crippen LogP contribution < -0.4 is 5.32 Å². The molecule has 0 heterocycles. The average Bonchev–Trinajstić information content (AvgIpc) is 2.51. The number of carbonyl (C=O) groups excluding carboxylic acids is 2. The fraction of sp³-hybridized carbons (Fsp3) is 0.467. The van der Waals surface area contributed by atoms with Crippen LogP contribution >= 0.6 is 15.9 Å². The minimum atomic E-state index is -0.296. The number of rotatable bonds is 9. The number of hydrogen-bond donors (Lipinski definition) is 1. The largest absolute Gasteiger partial charge is 0.469 e. The quantitative estimate of drug-likeness (QED) is 0.670. The minimum absolute atomic E-state index is 0.136. The average molecular weight is 373 g/mol. The van der Waals surface area contributed by atoms with Gasteiger partial charge in [-0.15, -0.1) is 0 Å². The molecule has 1 aromatic rings. The summed E-state index contributed by atoms with van der Waals surface area (Å²) < 4.78 is 10.6. The van der Waals surface area contributed by atoms with Gasteiger partial charge < -0.3 is 14.8 Å². The molecular formula is C15H21BrN2O4. The van der Waals surface area contributed by atoms with Crippen LogP contribution in [0.15, 0.2) is 28.7 Å². The second-order valence-electron chi connectivity index (χ2n) is 4.65. The van der Waals surface area contributed by atoms with E-state index in [2.05, 4.69) is 26.0 Å². The van der Waals surface area contributed by atoms with Gasteiger partial charge >= 0.3 is 5.97 Å². The maximum Gasteiger partial charge on any atom is 0.306 e. The van der Waals surface area contributed by atoms with Crippen LogP contribution in [-0.4, -0.2) is 57.2 Å². The monoisotopic (exact) mass is 372 g/mol. The molecule has 1 N–H and O–H groups in total. The minimum Gasteiger partial charge on any atom is -0.469 e. The van der Waals surface area contributed by atoms with Gasteiger partial charge in [0.2, 0.25) is 5.91 Å². The molecule has 0 unspecified atom stereocenters. The van der Waals surface area contributed by atoms with E-state index in [9.17, 15) is 9.59 Å². The van der Waals surface area contributed by atoms with Crippen molar-refractivity contribution in [1.29, 1.82) is 0 Å². The fourth-order valence-corrected chi connectivity index (χ4v) is 2.04. The molecule has 7 heteroatoms. The fourth-order valence-electron chi connectivity index (χ4n) is 1.78. The Labute approximate surface area is 138 Å². The number of esters is 1. The lowest BCUT2D eigenvalue weighted by atomic mass is 10.3. The van der Waals surface area contributed by atoms with Gasteiger partial charge in [-0.1, -0.05) is 15.9 Å². The highest BCUT2D eigenvalue weighted by atomic mass is 79.9. The molecule has 0 aliphatic carbocycles. The summed E-state index contributed by atoms with van der Waals surface area (Å²) in [6, 6.07) is 7.34. The van der Waals surface area contributed by atoms with E-state index >= 15 is 0 Å². The van der Waals surface area contributed by atoms with E-state index in [-0.39, 0.29) is 24.8 Å². The number of carbonyl (C=O) groups is 2. The number of anilines is 1. The van der Waals surface area contributed by atoms with E-state index < -0.39 is 0 Å². The van der Waals surface area contributed by atoms with Crippen LogP contribution in [0.4, 0.5) is 5.69 Å². The number of amides is 1. The molecule has 22 heavy (non-hydrogen) atoms. The summed E-state index contributed by atoms with van der Waals surface area (Å²) in [7, 11) is 2.95. The van der Waals surface area contributed by atoms with Crippen LogP contribution in [-0.2, 0) is 19.1 Å². The summed E-state index contributed by atoms with van der Waals surface area (Å²) in [5.41, 5.74) is 0.729. The Morgan fingerprint density at radius 2 is 1.86 bits per heavy atom. The molecule has 1 amide bonds. The Morgan fingerprint density at radius 3 is 2.45 bits per heavy atom. The van der Waals surface area contributed by atoms with Gasteiger partial charge in [0.1, 0.15) is 0 Å². The van der Waals surface area contributed by atoms with Crippen LogP contribution in [0.5, 0.6) is 0 Å². The molecule has 0 saturated heterocycles. The van der Waals surface area contributed by atoms with E-state index in [4.69, 9.17) is 4.74 Å². The van der Waals surface area contributed by atoms with Crippen LogP contribution in [0.25, 0.3) is 0 Å². The van der Waals surface area contributed by atoms with Crippen LogP contribution in [0.3, 0.4) is 0 Å². The van der Waals surface area contributed by atoms with Gasteiger partial charge in [-0.05, 0) is 24.3 Å². The van der Waals surface area contributed by atoms with Crippen molar-refractivity contribution in [3.63, 3.8) is 0 Å². The van der Waals surface area contributed by atoms with Gasteiger partial charge in [-0.25, -0.2) is 0 Å². The molecule has 1 rings (SSSR count). The molecule has 0 aliphatic rings. The summed E-state index contributed by atoms with van der Waals surface area (Å²) in [4.78, 5) is 25.1. The summed E-state index contributed by atoms with van der Waals surface area (Å²) in [6.07, 6.45) is 0.242. The second-order valence-corrected chi connectivity index (χ2v) is 5.57. The van der Waals surface area contributed by atoms with Crippen molar-refractivity contribution >= 4 is 33.5 Å². The number of ether oxygens (including phenoxy) is 2. The van der Waals surface area contributed by atoms with E-state index in [0.717, 1.165) is 10.2 Å². The van der Waals surface area contributed by atoms with Crippen molar-refractivity contribution in [3.8, 4) is 0 Å². The van der Waals surface area contributed by atoms with Crippen LogP contribution in [0.1, 0.15) is 6.42 Å². The van der Waals surface area contributed by atoms with Gasteiger partial charge in [-0.2, -0.15) is 0 Å². The van der Waals surface area contributed by atoms with Gasteiger partial charge in [0.25, 0.3) is 0 Å². The smallest absolute Gasteiger partial charge is 0.306 e. The van der Waals surface area contributed by atoms with Crippen molar-refractivity contribution in [2.75, 3.05) is 45.8 Å². The Morgan fingerprint density at radius 1 is 1.18 bits per heavy atom. The molecule has 1 aromatic carbocycles. The maximum atomic E-state index is 12.1. The SMILES string of the molecule is COCCN(CCC(=O)OC)CC(=O)Nc1ccc(Br)cc1. The van der Waals surface area contributed by atoms with Crippen LogP contribution in [0, 0.1) is 0 Å². The zero-order valence-electron chi connectivity index (χ0n) is 12.8. The van der Waals surface area contributed by atoms with E-state index in [1.807, 2.05) is 29.2 Å². The molecule has 122 valence electrons. The highest BCUT2D eigenvalue weighted by molar-refractivity contribution is 9.10. The van der Waals surface area contributed by atoms with Crippen molar-refractivity contribution in [2.45, 2.75) is 6.42 Å². The molecule has 0 aromatic heterocycles. The van der Waals surface area contributed by atoms with E-state index in [1.165, 1.54) is 7.11 Å². The van der Waals surface area contributed by atoms with Crippen molar-refractivity contribution in [1.82, 2.24) is 4.90 Å². The summed E-state index contributed by atoms with van der Waals surface area (Å²) in [5, 5.41) is 2.82. The summed E-state index contributed by atoms with van der Waals surface area (Å²) in [6.45, 7) is 1.70. The molecule has 0 radical (unpaired) electrons. The lowest BCUT2D eigenvalue weighted by molar-refractivity contribution is -0.141. The van der Waals surface area contributed by atoms with Crippen molar-refractivity contribution < 1.29 is 19.1 Å². The van der Waals surface area contributed by atoms with Crippen LogP contribution in [0.2, 0.25) is 0 Å². The molecule has 0 saturated carbocycles. The third-order valence-electron chi connectivity index (χ3n) is 2.97. The van der Waals surface area contributed by atoms with Gasteiger partial charge in [-0.3, -0.25) is 14.5 Å². The third kappa shape index (κ3) is 7.53. The lowest BCUT2D eigenvalue weighted by Crippen LogP contribution is -2.37. The van der Waals surface area contributed by atoms with Gasteiger partial charge in [0.05, 0.1) is 26.7 Å². The Bertz CT molecular complexity index is 479. The topological polar surface area (TPSA) is 67.9 Å². The normalized spacial score (nSPS) is 10.5. The number of nitrogens with one attached hydrogen (secondary N) is 1. The number of hydrogen-bond acceptors (Lipinski definition) is 5. The van der Waals surface area contributed by atoms with Gasteiger partial charge in [0.15, 0.2) is 0 Å². The van der Waals surface area contributed by atoms with E-state index in [0.29, 0.717) is 19.7 Å². The number of nitrogens with zero attached hydrogens (tertiary/aromatic N) is 1. The molecule has 6 nitrogen and oxygen atoms in total. The first-order valence-electron chi connectivity index (χ1n) is 6.88. The predicted molar refractivity (Wildman–Crippen MR) is 87.7 cm³/mol. The second kappa shape index (κ2) is 10.3. The first-order chi connectivity index (χ1) is 10.5. The molecule has 0 atom stereocenters. The highest BCUT2D eigenvalue weighted by Gasteiger charge is 2.13. The summed E-state index contributed by atoms with van der Waals surface area (Å²) >= 11 is 3.34. The molecular weight excluding hydrogens is 352 g/mol. The Balaban J connectivity index is 2.49. The maximum absolute atomic E-state index is 12.1. The highest BCUT2D eigenvalue weighted by Crippen LogP contribution is 2.14. The standard InChI is InChI=1S/C15H21BrN2O4/c1-21-10-9-18(8-7-15(20)22-2)11-14(19)17-13-5-3-12(16)4-6-13/h3-6H,7-11H2,1-2H3,(H,17,19). The predicted octanol–water partition coefficient (Wildman–Crippen LogP) is 1.90. The number of halogens is 1. The van der Waals surface area contributed by atoms with Crippen molar-refractivity contribution in [2.24, 2.45) is 0 Å². The Hall–Kier alpha value is -1.44. The molecule has 0 bridgehead atoms. The zero-order chi connectivity index (χ0) is 16.4. The number of benzene rings is 1. The van der Waals surface area contributed by atoms with Gasteiger partial charge in [0, 0.05) is 30.4 Å². The summed E-state index contributed by atoms with van der Waals surface area (Å²) in [5.74, 6) is -0.431. The zero-order valence-corrected chi connectivity index (χ0v) is 14.4. The first kappa shape index (κ1) is 18.6. The van der Waals surface area contributed by atoms with Crippen molar-refractivity contribution in [3.05, 3.63) is 28.7 Å². The first-order valence-corrected chi connectivity index (χ1v) is 7.68. The molecule has 0 spiro atoms. The third-order valence-corrected chi connectivity index (χ3v) is 3.50.